The normalized spacial score (nSPS) is 16.4. The van der Waals surface area contributed by atoms with Crippen LogP contribution in [0, 0.1) is 0 Å². The van der Waals surface area contributed by atoms with E-state index < -0.39 is 12.1 Å². The Morgan fingerprint density at radius 3 is 2.59 bits per heavy atom. The number of benzene rings is 2. The molecule has 2 aromatic carbocycles. The van der Waals surface area contributed by atoms with Gasteiger partial charge in [0.05, 0.1) is 12.5 Å². The Morgan fingerprint density at radius 2 is 1.83 bits per heavy atom. The summed E-state index contributed by atoms with van der Waals surface area (Å²) < 4.78 is 5.22. The lowest BCUT2D eigenvalue weighted by Gasteiger charge is -2.27. The van der Waals surface area contributed by atoms with Gasteiger partial charge in [-0.15, -0.1) is 0 Å². The maximum Gasteiger partial charge on any atom is 0.307 e. The van der Waals surface area contributed by atoms with E-state index in [-0.39, 0.29) is 30.6 Å². The number of fused-ring (bicyclic) bond motifs is 1. The third kappa shape index (κ3) is 5.67. The minimum Gasteiger partial charge on any atom is -0.453 e. The average Bonchev–Trinajstić information content (AvgIpc) is 2.72. The molecule has 1 aliphatic rings. The Morgan fingerprint density at radius 1 is 1.10 bits per heavy atom. The smallest absolute Gasteiger partial charge is 0.307 e. The Kier molecular flexibility index (Phi) is 7.04. The standard InChI is InChI=1S/C23H24ClNO4/c1-15(23(28)25-20-8-4-6-16-5-2-3-7-19(16)20)29-22(27)14-13-21(26)17-9-11-18(24)12-10-17/h2-3,5,7,9-12,15,20H,4,6,8,13-14H2,1H3,(H,25,28)/t15-,20-/m0/s1. The number of aryl methyl sites for hydroxylation is 1. The molecule has 1 aliphatic carbocycles. The zero-order valence-electron chi connectivity index (χ0n) is 16.3. The molecule has 152 valence electrons. The summed E-state index contributed by atoms with van der Waals surface area (Å²) in [6.07, 6.45) is 1.90. The molecule has 5 nitrogen and oxygen atoms in total. The van der Waals surface area contributed by atoms with Gasteiger partial charge in [0.15, 0.2) is 11.9 Å². The van der Waals surface area contributed by atoms with Crippen LogP contribution in [0.3, 0.4) is 0 Å². The highest BCUT2D eigenvalue weighted by atomic mass is 35.5. The number of ether oxygens (including phenoxy) is 1. The van der Waals surface area contributed by atoms with Crippen LogP contribution in [0.5, 0.6) is 0 Å². The second-order valence-electron chi connectivity index (χ2n) is 7.21. The van der Waals surface area contributed by atoms with E-state index in [1.54, 1.807) is 31.2 Å². The first-order chi connectivity index (χ1) is 13.9. The second kappa shape index (κ2) is 9.70. The van der Waals surface area contributed by atoms with Gasteiger partial charge in [0, 0.05) is 17.0 Å². The summed E-state index contributed by atoms with van der Waals surface area (Å²) >= 11 is 5.81. The molecule has 2 aromatic rings. The predicted molar refractivity (Wildman–Crippen MR) is 111 cm³/mol. The van der Waals surface area contributed by atoms with Crippen molar-refractivity contribution in [2.45, 2.75) is 51.2 Å². The molecule has 6 heteroatoms. The van der Waals surface area contributed by atoms with Crippen LogP contribution in [0.1, 0.15) is 60.1 Å². The minimum absolute atomic E-state index is 0.0187. The van der Waals surface area contributed by atoms with Crippen LogP contribution in [-0.2, 0) is 20.7 Å². The number of Topliss-reactive ketones (excluding diaryl/α,β-unsaturated/α-hetero) is 1. The molecule has 0 unspecified atom stereocenters. The molecule has 3 rings (SSSR count). The maximum absolute atomic E-state index is 12.5. The first-order valence-electron chi connectivity index (χ1n) is 9.80. The molecule has 0 aliphatic heterocycles. The van der Waals surface area contributed by atoms with Crippen molar-refractivity contribution in [2.75, 3.05) is 0 Å². The van der Waals surface area contributed by atoms with Crippen molar-refractivity contribution in [3.63, 3.8) is 0 Å². The molecule has 0 spiro atoms. The fourth-order valence-corrected chi connectivity index (χ4v) is 3.62. The SMILES string of the molecule is C[C@H](OC(=O)CCC(=O)c1ccc(Cl)cc1)C(=O)N[C@H]1CCCc2ccccc21. The van der Waals surface area contributed by atoms with Gasteiger partial charge in [-0.3, -0.25) is 14.4 Å². The topological polar surface area (TPSA) is 72.5 Å². The Bertz CT molecular complexity index is 894. The van der Waals surface area contributed by atoms with Gasteiger partial charge >= 0.3 is 5.97 Å². The number of hydrogen-bond acceptors (Lipinski definition) is 4. The Labute approximate surface area is 175 Å². The first-order valence-corrected chi connectivity index (χ1v) is 10.2. The molecule has 2 atom stereocenters. The van der Waals surface area contributed by atoms with Crippen LogP contribution in [0.2, 0.25) is 5.02 Å². The highest BCUT2D eigenvalue weighted by molar-refractivity contribution is 6.30. The number of ketones is 1. The lowest BCUT2D eigenvalue weighted by atomic mass is 9.87. The van der Waals surface area contributed by atoms with Gasteiger partial charge in [-0.25, -0.2) is 0 Å². The fourth-order valence-electron chi connectivity index (χ4n) is 3.50. The van der Waals surface area contributed by atoms with E-state index in [4.69, 9.17) is 16.3 Å². The number of hydrogen-bond donors (Lipinski definition) is 1. The summed E-state index contributed by atoms with van der Waals surface area (Å²) in [5.41, 5.74) is 2.86. The molecule has 0 saturated carbocycles. The molecule has 29 heavy (non-hydrogen) atoms. The zero-order valence-corrected chi connectivity index (χ0v) is 17.1. The van der Waals surface area contributed by atoms with E-state index in [1.807, 2.05) is 18.2 Å². The van der Waals surface area contributed by atoms with E-state index in [0.29, 0.717) is 10.6 Å². The van der Waals surface area contributed by atoms with Crippen LogP contribution >= 0.6 is 11.6 Å². The van der Waals surface area contributed by atoms with Crippen molar-refractivity contribution in [3.8, 4) is 0 Å². The van der Waals surface area contributed by atoms with Crippen molar-refractivity contribution in [3.05, 3.63) is 70.2 Å². The number of esters is 1. The number of carbonyl (C=O) groups is 3. The van der Waals surface area contributed by atoms with E-state index in [0.717, 1.165) is 24.8 Å². The molecule has 0 heterocycles. The average molecular weight is 414 g/mol. The molecular formula is C23H24ClNO4. The molecule has 0 saturated heterocycles. The first kappa shape index (κ1) is 21.1. The maximum atomic E-state index is 12.5. The molecule has 0 radical (unpaired) electrons. The molecule has 1 N–H and O–H groups in total. The summed E-state index contributed by atoms with van der Waals surface area (Å²) in [5, 5.41) is 3.52. The lowest BCUT2D eigenvalue weighted by molar-refractivity contribution is -0.155. The quantitative estimate of drug-likeness (QED) is 0.538. The fraction of sp³-hybridized carbons (Fsp3) is 0.348. The van der Waals surface area contributed by atoms with Crippen molar-refractivity contribution in [1.29, 1.82) is 0 Å². The van der Waals surface area contributed by atoms with Gasteiger partial charge in [-0.1, -0.05) is 35.9 Å². The van der Waals surface area contributed by atoms with Crippen LogP contribution in [0.25, 0.3) is 0 Å². The molecule has 0 bridgehead atoms. The van der Waals surface area contributed by atoms with E-state index >= 15 is 0 Å². The predicted octanol–water partition coefficient (Wildman–Crippen LogP) is 4.43. The minimum atomic E-state index is -0.915. The van der Waals surface area contributed by atoms with Crippen molar-refractivity contribution >= 4 is 29.3 Å². The third-order valence-electron chi connectivity index (χ3n) is 5.09. The Balaban J connectivity index is 1.47. The van der Waals surface area contributed by atoms with E-state index in [9.17, 15) is 14.4 Å². The van der Waals surface area contributed by atoms with Gasteiger partial charge in [0.25, 0.3) is 5.91 Å². The highest BCUT2D eigenvalue weighted by Crippen LogP contribution is 2.29. The van der Waals surface area contributed by atoms with E-state index in [1.165, 1.54) is 5.56 Å². The van der Waals surface area contributed by atoms with Gasteiger partial charge in [0.2, 0.25) is 0 Å². The summed E-state index contributed by atoms with van der Waals surface area (Å²) in [7, 11) is 0. The van der Waals surface area contributed by atoms with Gasteiger partial charge in [-0.2, -0.15) is 0 Å². The number of rotatable bonds is 7. The molecule has 1 amide bonds. The molecular weight excluding hydrogens is 390 g/mol. The van der Waals surface area contributed by atoms with Gasteiger partial charge < -0.3 is 10.1 Å². The second-order valence-corrected chi connectivity index (χ2v) is 7.65. The molecule has 0 aromatic heterocycles. The Hall–Kier alpha value is -2.66. The van der Waals surface area contributed by atoms with Crippen LogP contribution in [0.15, 0.2) is 48.5 Å². The van der Waals surface area contributed by atoms with Crippen LogP contribution in [0.4, 0.5) is 0 Å². The highest BCUT2D eigenvalue weighted by Gasteiger charge is 2.25. The van der Waals surface area contributed by atoms with Crippen LogP contribution in [-0.4, -0.2) is 23.8 Å². The van der Waals surface area contributed by atoms with Crippen molar-refractivity contribution < 1.29 is 19.1 Å². The van der Waals surface area contributed by atoms with Gasteiger partial charge in [0.1, 0.15) is 0 Å². The van der Waals surface area contributed by atoms with Gasteiger partial charge in [-0.05, 0) is 61.6 Å². The monoisotopic (exact) mass is 413 g/mol. The largest absolute Gasteiger partial charge is 0.453 e. The number of nitrogens with one attached hydrogen (secondary N) is 1. The summed E-state index contributed by atoms with van der Waals surface area (Å²) in [6.45, 7) is 1.54. The van der Waals surface area contributed by atoms with Crippen molar-refractivity contribution in [2.24, 2.45) is 0 Å². The number of amides is 1. The number of carbonyl (C=O) groups excluding carboxylic acids is 3. The van der Waals surface area contributed by atoms with Crippen molar-refractivity contribution in [1.82, 2.24) is 5.32 Å². The van der Waals surface area contributed by atoms with E-state index in [2.05, 4.69) is 11.4 Å². The lowest BCUT2D eigenvalue weighted by Crippen LogP contribution is -2.39. The summed E-state index contributed by atoms with van der Waals surface area (Å²) in [4.78, 5) is 36.7. The summed E-state index contributed by atoms with van der Waals surface area (Å²) in [5.74, 6) is -1.07. The van der Waals surface area contributed by atoms with Crippen LogP contribution < -0.4 is 5.32 Å². The zero-order chi connectivity index (χ0) is 20.8. The molecule has 0 fully saturated rings. The number of halogens is 1. The third-order valence-corrected chi connectivity index (χ3v) is 5.34. The summed E-state index contributed by atoms with van der Waals surface area (Å²) in [6, 6.07) is 14.5.